The van der Waals surface area contributed by atoms with Gasteiger partial charge in [-0.25, -0.2) is 0 Å². The van der Waals surface area contributed by atoms with Crippen molar-refractivity contribution in [3.8, 4) is 11.8 Å². The molecule has 0 bridgehead atoms. The fourth-order valence-electron chi connectivity index (χ4n) is 1.26. The second-order valence-electron chi connectivity index (χ2n) is 4.75. The van der Waals surface area contributed by atoms with Crippen LogP contribution in [0, 0.1) is 11.8 Å². The van der Waals surface area contributed by atoms with Crippen LogP contribution in [0.2, 0.25) is 0 Å². The summed E-state index contributed by atoms with van der Waals surface area (Å²) in [5, 5.41) is 9.40. The number of alkyl halides is 3. The van der Waals surface area contributed by atoms with E-state index in [1.807, 2.05) is 0 Å². The molecule has 0 aliphatic rings. The van der Waals surface area contributed by atoms with Crippen molar-refractivity contribution in [1.29, 1.82) is 0 Å². The van der Waals surface area contributed by atoms with Crippen molar-refractivity contribution in [1.82, 2.24) is 4.90 Å². The van der Waals surface area contributed by atoms with E-state index in [9.17, 15) is 23.1 Å². The number of halogens is 3. The van der Waals surface area contributed by atoms with E-state index >= 15 is 0 Å². The second-order valence-corrected chi connectivity index (χ2v) is 4.75. The molecule has 0 aliphatic heterocycles. The highest BCUT2D eigenvalue weighted by Crippen LogP contribution is 2.17. The molecule has 1 aromatic rings. The molecule has 1 N–H and O–H groups in total. The Morgan fingerprint density at radius 1 is 1.40 bits per heavy atom. The third-order valence-corrected chi connectivity index (χ3v) is 2.07. The van der Waals surface area contributed by atoms with Crippen LogP contribution < -0.4 is 0 Å². The number of carbonyl (C=O) groups is 1. The molecular formula is C13H14F3NO3. The summed E-state index contributed by atoms with van der Waals surface area (Å²) >= 11 is 0. The van der Waals surface area contributed by atoms with Gasteiger partial charge in [0.25, 0.3) is 5.91 Å². The van der Waals surface area contributed by atoms with Crippen LogP contribution in [0.5, 0.6) is 0 Å². The summed E-state index contributed by atoms with van der Waals surface area (Å²) < 4.78 is 41.5. The SMILES string of the molecule is CN(CC(F)(F)F)C(=O)c1ccc(C#CC(C)(C)O)o1. The lowest BCUT2D eigenvalue weighted by atomic mass is 10.1. The van der Waals surface area contributed by atoms with Crippen molar-refractivity contribution in [3.63, 3.8) is 0 Å². The molecule has 0 fully saturated rings. The third-order valence-electron chi connectivity index (χ3n) is 2.07. The van der Waals surface area contributed by atoms with Gasteiger partial charge in [-0.05, 0) is 31.9 Å². The van der Waals surface area contributed by atoms with E-state index in [-0.39, 0.29) is 11.5 Å². The van der Waals surface area contributed by atoms with Gasteiger partial charge in [-0.15, -0.1) is 0 Å². The lowest BCUT2D eigenvalue weighted by Gasteiger charge is -2.17. The van der Waals surface area contributed by atoms with Crippen molar-refractivity contribution >= 4 is 5.91 Å². The van der Waals surface area contributed by atoms with Crippen LogP contribution in [-0.2, 0) is 0 Å². The first-order valence-electron chi connectivity index (χ1n) is 5.65. The van der Waals surface area contributed by atoms with E-state index in [1.54, 1.807) is 0 Å². The lowest BCUT2D eigenvalue weighted by molar-refractivity contribution is -0.138. The maximum Gasteiger partial charge on any atom is 0.406 e. The molecule has 1 amide bonds. The Hall–Kier alpha value is -1.94. The molecule has 110 valence electrons. The minimum absolute atomic E-state index is 0.0934. The van der Waals surface area contributed by atoms with Crippen LogP contribution in [0.4, 0.5) is 13.2 Å². The van der Waals surface area contributed by atoms with E-state index in [4.69, 9.17) is 4.42 Å². The van der Waals surface area contributed by atoms with Crippen LogP contribution in [0.15, 0.2) is 16.5 Å². The molecule has 0 spiro atoms. The van der Waals surface area contributed by atoms with E-state index < -0.39 is 24.2 Å². The topological polar surface area (TPSA) is 53.7 Å². The van der Waals surface area contributed by atoms with E-state index in [0.29, 0.717) is 4.90 Å². The predicted molar refractivity (Wildman–Crippen MR) is 64.9 cm³/mol. The fourth-order valence-corrected chi connectivity index (χ4v) is 1.26. The summed E-state index contributed by atoms with van der Waals surface area (Å²) in [7, 11) is 1.03. The van der Waals surface area contributed by atoms with Gasteiger partial charge >= 0.3 is 6.18 Å². The Morgan fingerprint density at radius 2 is 2.00 bits per heavy atom. The summed E-state index contributed by atoms with van der Waals surface area (Å²) in [6, 6.07) is 2.59. The third kappa shape index (κ3) is 5.36. The zero-order valence-electron chi connectivity index (χ0n) is 11.2. The fraction of sp³-hybridized carbons (Fsp3) is 0.462. The first-order valence-corrected chi connectivity index (χ1v) is 5.65. The largest absolute Gasteiger partial charge is 0.443 e. The molecule has 0 unspecified atom stereocenters. The van der Waals surface area contributed by atoms with Crippen molar-refractivity contribution < 1.29 is 27.5 Å². The highest BCUT2D eigenvalue weighted by molar-refractivity contribution is 5.91. The molecular weight excluding hydrogens is 275 g/mol. The maximum absolute atomic E-state index is 12.2. The van der Waals surface area contributed by atoms with Crippen LogP contribution >= 0.6 is 0 Å². The molecule has 0 aliphatic carbocycles. The van der Waals surface area contributed by atoms with Gasteiger partial charge in [0.15, 0.2) is 11.5 Å². The van der Waals surface area contributed by atoms with Crippen molar-refractivity contribution in [2.24, 2.45) is 0 Å². The minimum atomic E-state index is -4.47. The van der Waals surface area contributed by atoms with E-state index in [2.05, 4.69) is 11.8 Å². The van der Waals surface area contributed by atoms with Crippen molar-refractivity contribution in [3.05, 3.63) is 23.7 Å². The molecule has 20 heavy (non-hydrogen) atoms. The average Bonchev–Trinajstić information content (AvgIpc) is 2.70. The molecule has 0 atom stereocenters. The first kappa shape index (κ1) is 16.1. The number of amides is 1. The highest BCUT2D eigenvalue weighted by Gasteiger charge is 2.32. The summed E-state index contributed by atoms with van der Waals surface area (Å²) in [4.78, 5) is 12.2. The Balaban J connectivity index is 2.81. The van der Waals surface area contributed by atoms with E-state index in [1.165, 1.54) is 26.0 Å². The van der Waals surface area contributed by atoms with Gasteiger partial charge < -0.3 is 14.4 Å². The summed E-state index contributed by atoms with van der Waals surface area (Å²) in [6.07, 6.45) is -4.47. The van der Waals surface area contributed by atoms with E-state index in [0.717, 1.165) is 7.05 Å². The molecule has 0 saturated carbocycles. The zero-order chi connectivity index (χ0) is 15.6. The molecule has 1 aromatic heterocycles. The summed E-state index contributed by atoms with van der Waals surface area (Å²) in [5.74, 6) is 3.92. The molecule has 7 heteroatoms. The number of rotatable bonds is 2. The number of carbonyl (C=O) groups excluding carboxylic acids is 1. The summed E-state index contributed by atoms with van der Waals surface area (Å²) in [5.41, 5.74) is -1.23. The second kappa shape index (κ2) is 5.59. The monoisotopic (exact) mass is 289 g/mol. The maximum atomic E-state index is 12.2. The Morgan fingerprint density at radius 3 is 2.50 bits per heavy atom. The number of hydrogen-bond donors (Lipinski definition) is 1. The Kier molecular flexibility index (Phi) is 4.50. The number of furan rings is 1. The molecule has 1 heterocycles. The molecule has 0 saturated heterocycles. The normalized spacial score (nSPS) is 11.8. The van der Waals surface area contributed by atoms with Gasteiger partial charge in [-0.3, -0.25) is 4.79 Å². The molecule has 1 rings (SSSR count). The standard InChI is InChI=1S/C13H14F3NO3/c1-12(2,19)7-6-9-4-5-10(20-9)11(18)17(3)8-13(14,15)16/h4-5,19H,8H2,1-3H3. The molecule has 0 radical (unpaired) electrons. The van der Waals surface area contributed by atoms with Crippen LogP contribution in [0.3, 0.4) is 0 Å². The zero-order valence-corrected chi connectivity index (χ0v) is 11.2. The summed E-state index contributed by atoms with van der Waals surface area (Å²) in [6.45, 7) is 1.56. The molecule has 0 aromatic carbocycles. The van der Waals surface area contributed by atoms with Gasteiger partial charge in [0.1, 0.15) is 12.1 Å². The minimum Gasteiger partial charge on any atom is -0.443 e. The van der Waals surface area contributed by atoms with Gasteiger partial charge in [-0.1, -0.05) is 5.92 Å². The Bertz CT molecular complexity index is 544. The van der Waals surface area contributed by atoms with Crippen LogP contribution in [0.1, 0.15) is 30.2 Å². The smallest absolute Gasteiger partial charge is 0.406 e. The lowest BCUT2D eigenvalue weighted by Crippen LogP contribution is -2.35. The predicted octanol–water partition coefficient (Wildman–Crippen LogP) is 2.04. The van der Waals surface area contributed by atoms with Crippen LogP contribution in [-0.4, -0.2) is 41.3 Å². The van der Waals surface area contributed by atoms with Gasteiger partial charge in [0, 0.05) is 7.05 Å². The number of hydrogen-bond acceptors (Lipinski definition) is 3. The van der Waals surface area contributed by atoms with Crippen molar-refractivity contribution in [2.75, 3.05) is 13.6 Å². The first-order chi connectivity index (χ1) is 8.98. The average molecular weight is 289 g/mol. The Labute approximate surface area is 114 Å². The molecule has 4 nitrogen and oxygen atoms in total. The van der Waals surface area contributed by atoms with Gasteiger partial charge in [-0.2, -0.15) is 13.2 Å². The number of nitrogens with zero attached hydrogens (tertiary/aromatic N) is 1. The number of aliphatic hydroxyl groups is 1. The highest BCUT2D eigenvalue weighted by atomic mass is 19.4. The van der Waals surface area contributed by atoms with Gasteiger partial charge in [0.05, 0.1) is 0 Å². The quantitative estimate of drug-likeness (QED) is 0.848. The van der Waals surface area contributed by atoms with Crippen LogP contribution in [0.25, 0.3) is 0 Å². The van der Waals surface area contributed by atoms with Crippen molar-refractivity contribution in [2.45, 2.75) is 25.6 Å². The van der Waals surface area contributed by atoms with Gasteiger partial charge in [0.2, 0.25) is 0 Å².